The predicted molar refractivity (Wildman–Crippen MR) is 112 cm³/mol. The Bertz CT molecular complexity index is 880. The number of aliphatic hydroxyl groups is 1. The largest absolute Gasteiger partial charge is 0.424 e. The number of hydrogen-bond donors (Lipinski definition) is 3. The first kappa shape index (κ1) is 22.1. The van der Waals surface area contributed by atoms with Crippen molar-refractivity contribution in [3.63, 3.8) is 0 Å². The minimum Gasteiger partial charge on any atom is -0.424 e. The van der Waals surface area contributed by atoms with Gasteiger partial charge >= 0.3 is 5.97 Å². The zero-order chi connectivity index (χ0) is 21.1. The van der Waals surface area contributed by atoms with Crippen LogP contribution in [0.2, 0.25) is 0 Å². The standard InChI is InChI=1S/C22H32N2O4/c1-7-16(23-13(2)3)21(27)15-8-10-17(28-19(26)12-22(4,5)6)20-14(15)9-11-18(25)24-20/h8-11,13,16,21,23,27H,7,12H2,1-6H3,(H,24,25). The lowest BCUT2D eigenvalue weighted by molar-refractivity contribution is -0.136. The molecule has 0 aliphatic heterocycles. The molecule has 1 aromatic carbocycles. The van der Waals surface area contributed by atoms with Gasteiger partial charge in [0, 0.05) is 23.5 Å². The van der Waals surface area contributed by atoms with Gasteiger partial charge in [0.15, 0.2) is 5.75 Å². The van der Waals surface area contributed by atoms with E-state index in [0.717, 1.165) is 6.42 Å². The lowest BCUT2D eigenvalue weighted by Gasteiger charge is -2.26. The number of nitrogens with one attached hydrogen (secondary N) is 2. The second kappa shape index (κ2) is 8.88. The zero-order valence-corrected chi connectivity index (χ0v) is 17.6. The number of aromatic nitrogens is 1. The van der Waals surface area contributed by atoms with Crippen LogP contribution in [0.3, 0.4) is 0 Å². The molecule has 0 aliphatic rings. The monoisotopic (exact) mass is 388 g/mol. The smallest absolute Gasteiger partial charge is 0.311 e. The normalized spacial score (nSPS) is 14.3. The highest BCUT2D eigenvalue weighted by Gasteiger charge is 2.24. The summed E-state index contributed by atoms with van der Waals surface area (Å²) in [6, 6.07) is 6.56. The number of rotatable bonds is 7. The number of hydrogen-bond acceptors (Lipinski definition) is 5. The van der Waals surface area contributed by atoms with E-state index in [1.54, 1.807) is 18.2 Å². The third-order valence-electron chi connectivity index (χ3n) is 4.48. The molecule has 2 unspecified atom stereocenters. The molecule has 0 saturated carbocycles. The van der Waals surface area contributed by atoms with Gasteiger partial charge in [-0.05, 0) is 29.5 Å². The van der Waals surface area contributed by atoms with Gasteiger partial charge in [0.05, 0.1) is 18.0 Å². The Kier molecular flexibility index (Phi) is 7.01. The van der Waals surface area contributed by atoms with E-state index in [9.17, 15) is 14.7 Å². The topological polar surface area (TPSA) is 91.4 Å². The van der Waals surface area contributed by atoms with Crippen molar-refractivity contribution in [3.05, 3.63) is 40.2 Å². The van der Waals surface area contributed by atoms with E-state index in [1.165, 1.54) is 6.07 Å². The van der Waals surface area contributed by atoms with Gasteiger partial charge < -0.3 is 20.1 Å². The van der Waals surface area contributed by atoms with Gasteiger partial charge in [-0.3, -0.25) is 9.59 Å². The molecule has 0 amide bonds. The summed E-state index contributed by atoms with van der Waals surface area (Å²) in [4.78, 5) is 26.9. The number of carbonyl (C=O) groups excluding carboxylic acids is 1. The Morgan fingerprint density at radius 2 is 1.89 bits per heavy atom. The Morgan fingerprint density at radius 3 is 2.46 bits per heavy atom. The first-order valence-corrected chi connectivity index (χ1v) is 9.82. The zero-order valence-electron chi connectivity index (χ0n) is 17.6. The molecule has 0 spiro atoms. The lowest BCUT2D eigenvalue weighted by atomic mass is 9.92. The van der Waals surface area contributed by atoms with Crippen molar-refractivity contribution in [1.82, 2.24) is 10.3 Å². The van der Waals surface area contributed by atoms with Crippen LogP contribution in [0.5, 0.6) is 5.75 Å². The minimum absolute atomic E-state index is 0.135. The number of ether oxygens (including phenoxy) is 1. The summed E-state index contributed by atoms with van der Waals surface area (Å²) in [5.74, 6) is -0.0672. The maximum atomic E-state index is 12.3. The molecule has 6 heteroatoms. The van der Waals surface area contributed by atoms with Crippen molar-refractivity contribution in [3.8, 4) is 5.75 Å². The van der Waals surface area contributed by atoms with Gasteiger partial charge in [0.25, 0.3) is 0 Å². The van der Waals surface area contributed by atoms with Crippen molar-refractivity contribution < 1.29 is 14.6 Å². The first-order chi connectivity index (χ1) is 13.0. The van der Waals surface area contributed by atoms with Crippen LogP contribution < -0.4 is 15.6 Å². The van der Waals surface area contributed by atoms with Crippen molar-refractivity contribution in [1.29, 1.82) is 0 Å². The van der Waals surface area contributed by atoms with E-state index < -0.39 is 6.10 Å². The molecule has 0 radical (unpaired) electrons. The molecule has 1 aromatic heterocycles. The molecule has 2 rings (SSSR count). The van der Waals surface area contributed by atoms with Gasteiger partial charge in [-0.2, -0.15) is 0 Å². The van der Waals surface area contributed by atoms with Crippen LogP contribution in [0.4, 0.5) is 0 Å². The Labute approximate surface area is 166 Å². The van der Waals surface area contributed by atoms with Gasteiger partial charge in [0.1, 0.15) is 0 Å². The third-order valence-corrected chi connectivity index (χ3v) is 4.48. The number of aliphatic hydroxyl groups excluding tert-OH is 1. The van der Waals surface area contributed by atoms with E-state index in [1.807, 2.05) is 41.5 Å². The number of benzene rings is 1. The van der Waals surface area contributed by atoms with Crippen LogP contribution in [-0.4, -0.2) is 28.1 Å². The van der Waals surface area contributed by atoms with Crippen molar-refractivity contribution >= 4 is 16.9 Å². The minimum atomic E-state index is -0.764. The molecule has 154 valence electrons. The number of carbonyl (C=O) groups is 1. The average molecular weight is 389 g/mol. The fraction of sp³-hybridized carbons (Fsp3) is 0.545. The summed E-state index contributed by atoms with van der Waals surface area (Å²) in [5, 5.41) is 15.0. The second-order valence-electron chi connectivity index (χ2n) is 8.76. The first-order valence-electron chi connectivity index (χ1n) is 9.82. The number of pyridine rings is 1. The van der Waals surface area contributed by atoms with Gasteiger partial charge in [-0.1, -0.05) is 47.6 Å². The molecule has 0 fully saturated rings. The summed E-state index contributed by atoms with van der Waals surface area (Å²) in [5.41, 5.74) is 0.611. The predicted octanol–water partition coefficient (Wildman–Crippen LogP) is 3.68. The fourth-order valence-electron chi connectivity index (χ4n) is 3.26. The molecule has 1 heterocycles. The Balaban J connectivity index is 2.46. The Morgan fingerprint density at radius 1 is 1.21 bits per heavy atom. The van der Waals surface area contributed by atoms with Crippen LogP contribution in [0, 0.1) is 5.41 Å². The summed E-state index contributed by atoms with van der Waals surface area (Å²) >= 11 is 0. The Hall–Kier alpha value is -2.18. The quantitative estimate of drug-likeness (QED) is 0.497. The summed E-state index contributed by atoms with van der Waals surface area (Å²) in [6.07, 6.45) is 0.235. The molecule has 28 heavy (non-hydrogen) atoms. The average Bonchev–Trinajstić information content (AvgIpc) is 2.57. The molecular formula is C22H32N2O4. The van der Waals surface area contributed by atoms with Crippen LogP contribution in [-0.2, 0) is 4.79 Å². The number of esters is 1. The molecule has 2 atom stereocenters. The molecule has 0 saturated heterocycles. The third kappa shape index (κ3) is 5.66. The van der Waals surface area contributed by atoms with Crippen molar-refractivity contribution in [2.24, 2.45) is 5.41 Å². The van der Waals surface area contributed by atoms with Gasteiger partial charge in [-0.25, -0.2) is 0 Å². The van der Waals surface area contributed by atoms with Gasteiger partial charge in [-0.15, -0.1) is 0 Å². The van der Waals surface area contributed by atoms with Crippen LogP contribution in [0.15, 0.2) is 29.1 Å². The van der Waals surface area contributed by atoms with Crippen LogP contribution >= 0.6 is 0 Å². The highest BCUT2D eigenvalue weighted by atomic mass is 16.5. The molecule has 2 aromatic rings. The maximum Gasteiger partial charge on any atom is 0.311 e. The van der Waals surface area contributed by atoms with E-state index in [0.29, 0.717) is 22.2 Å². The van der Waals surface area contributed by atoms with E-state index in [4.69, 9.17) is 4.74 Å². The molecule has 6 nitrogen and oxygen atoms in total. The number of H-pyrrole nitrogens is 1. The molecule has 0 aliphatic carbocycles. The lowest BCUT2D eigenvalue weighted by Crippen LogP contribution is -2.39. The van der Waals surface area contributed by atoms with E-state index >= 15 is 0 Å². The summed E-state index contributed by atoms with van der Waals surface area (Å²) in [7, 11) is 0. The molecule has 0 bridgehead atoms. The molecule has 3 N–H and O–H groups in total. The van der Waals surface area contributed by atoms with Crippen LogP contribution in [0.25, 0.3) is 10.9 Å². The number of fused-ring (bicyclic) bond motifs is 1. The highest BCUT2D eigenvalue weighted by Crippen LogP contribution is 2.32. The highest BCUT2D eigenvalue weighted by molar-refractivity contribution is 5.90. The van der Waals surface area contributed by atoms with Gasteiger partial charge in [0.2, 0.25) is 5.56 Å². The second-order valence-corrected chi connectivity index (χ2v) is 8.76. The van der Waals surface area contributed by atoms with Crippen LogP contribution in [0.1, 0.15) is 66.1 Å². The summed E-state index contributed by atoms with van der Waals surface area (Å²) < 4.78 is 5.54. The summed E-state index contributed by atoms with van der Waals surface area (Å²) in [6.45, 7) is 11.9. The SMILES string of the molecule is CCC(NC(C)C)C(O)c1ccc(OC(=O)CC(C)(C)C)c2[nH]c(=O)ccc12. The van der Waals surface area contributed by atoms with Crippen molar-refractivity contribution in [2.45, 2.75) is 72.6 Å². The molecular weight excluding hydrogens is 356 g/mol. The number of aromatic amines is 1. The van der Waals surface area contributed by atoms with Crippen molar-refractivity contribution in [2.75, 3.05) is 0 Å². The maximum absolute atomic E-state index is 12.3. The van der Waals surface area contributed by atoms with E-state index in [2.05, 4.69) is 10.3 Å². The van der Waals surface area contributed by atoms with E-state index in [-0.39, 0.29) is 35.4 Å². The fourth-order valence-corrected chi connectivity index (χ4v) is 3.26.